The van der Waals surface area contributed by atoms with E-state index in [1.165, 1.54) is 18.4 Å². The van der Waals surface area contributed by atoms with Gasteiger partial charge < -0.3 is 5.32 Å². The number of alkyl halides is 3. The summed E-state index contributed by atoms with van der Waals surface area (Å²) in [6.07, 6.45) is -2.92. The van der Waals surface area contributed by atoms with Gasteiger partial charge in [0.2, 0.25) is 0 Å². The highest BCUT2D eigenvalue weighted by atomic mass is 32.1. The van der Waals surface area contributed by atoms with Gasteiger partial charge in [0.05, 0.1) is 16.7 Å². The molecule has 0 saturated heterocycles. The number of pyridine rings is 1. The molecule has 28 heavy (non-hydrogen) atoms. The molecule has 4 rings (SSSR count). The first-order valence-electron chi connectivity index (χ1n) is 8.02. The molecule has 0 bridgehead atoms. The molecule has 0 aliphatic rings. The van der Waals surface area contributed by atoms with E-state index in [1.54, 1.807) is 29.9 Å². The van der Waals surface area contributed by atoms with E-state index in [1.807, 2.05) is 11.4 Å². The number of benzene rings is 1. The quantitative estimate of drug-likeness (QED) is 0.552. The number of nitrogens with zero attached hydrogens (tertiary/aromatic N) is 4. The lowest BCUT2D eigenvalue weighted by Crippen LogP contribution is -2.14. The zero-order valence-electron chi connectivity index (χ0n) is 14.4. The Morgan fingerprint density at radius 1 is 1.18 bits per heavy atom. The standard InChI is InChI=1S/C18H12F3N5OS/c1-26-16(6-15(25-26)18(19,20)21)24-17(27)11-3-2-10-4-12(7-22-13(10)5-11)14-8-28-9-23-14/h2-9H,1H3,(H,24,27). The number of fused-ring (bicyclic) bond motifs is 1. The fourth-order valence-corrected chi connectivity index (χ4v) is 3.23. The Labute approximate surface area is 160 Å². The van der Waals surface area contributed by atoms with Crippen LogP contribution in [-0.2, 0) is 13.2 Å². The summed E-state index contributed by atoms with van der Waals surface area (Å²) >= 11 is 1.48. The van der Waals surface area contributed by atoms with Crippen molar-refractivity contribution in [3.63, 3.8) is 0 Å². The van der Waals surface area contributed by atoms with Crippen molar-refractivity contribution in [2.24, 2.45) is 7.05 Å². The second-order valence-electron chi connectivity index (χ2n) is 6.00. The second-order valence-corrected chi connectivity index (χ2v) is 6.71. The smallest absolute Gasteiger partial charge is 0.307 e. The number of hydrogen-bond donors (Lipinski definition) is 1. The van der Waals surface area contributed by atoms with Crippen LogP contribution in [0.5, 0.6) is 0 Å². The molecule has 10 heteroatoms. The Morgan fingerprint density at radius 2 is 2.00 bits per heavy atom. The number of amides is 1. The SMILES string of the molecule is Cn1nc(C(F)(F)F)cc1NC(=O)c1ccc2cc(-c3cscn3)cnc2c1. The predicted octanol–water partition coefficient (Wildman–Crippen LogP) is 4.36. The minimum absolute atomic E-state index is 0.0516. The van der Waals surface area contributed by atoms with Crippen LogP contribution < -0.4 is 5.32 Å². The van der Waals surface area contributed by atoms with E-state index in [4.69, 9.17) is 0 Å². The lowest BCUT2D eigenvalue weighted by Gasteiger charge is -2.06. The van der Waals surface area contributed by atoms with E-state index in [9.17, 15) is 18.0 Å². The summed E-state index contributed by atoms with van der Waals surface area (Å²) in [5, 5.41) is 8.55. The van der Waals surface area contributed by atoms with E-state index in [0.29, 0.717) is 5.52 Å². The second kappa shape index (κ2) is 6.71. The molecule has 0 saturated carbocycles. The Kier molecular flexibility index (Phi) is 4.34. The van der Waals surface area contributed by atoms with Crippen LogP contribution in [0.1, 0.15) is 16.1 Å². The van der Waals surface area contributed by atoms with Gasteiger partial charge in [-0.05, 0) is 18.2 Å². The Balaban J connectivity index is 1.60. The van der Waals surface area contributed by atoms with Gasteiger partial charge in [-0.25, -0.2) is 4.98 Å². The maximum absolute atomic E-state index is 12.7. The van der Waals surface area contributed by atoms with Crippen LogP contribution in [0, 0.1) is 0 Å². The zero-order chi connectivity index (χ0) is 19.9. The van der Waals surface area contributed by atoms with Crippen LogP contribution in [0.25, 0.3) is 22.2 Å². The van der Waals surface area contributed by atoms with E-state index in [2.05, 4.69) is 20.4 Å². The summed E-state index contributed by atoms with van der Waals surface area (Å²) in [6.45, 7) is 0. The van der Waals surface area contributed by atoms with Gasteiger partial charge in [-0.15, -0.1) is 11.3 Å². The van der Waals surface area contributed by atoms with Crippen LogP contribution in [-0.4, -0.2) is 25.7 Å². The molecule has 1 amide bonds. The third-order valence-corrected chi connectivity index (χ3v) is 4.67. The number of anilines is 1. The van der Waals surface area contributed by atoms with Gasteiger partial charge in [0.25, 0.3) is 5.91 Å². The van der Waals surface area contributed by atoms with Crippen molar-refractivity contribution < 1.29 is 18.0 Å². The number of rotatable bonds is 3. The molecule has 0 spiro atoms. The molecule has 1 aromatic carbocycles. The number of nitrogens with one attached hydrogen (secondary N) is 1. The zero-order valence-corrected chi connectivity index (χ0v) is 15.2. The number of aryl methyl sites for hydroxylation is 1. The van der Waals surface area contributed by atoms with E-state index < -0.39 is 17.8 Å². The molecule has 3 aromatic heterocycles. The van der Waals surface area contributed by atoms with Crippen molar-refractivity contribution in [1.29, 1.82) is 0 Å². The monoisotopic (exact) mass is 403 g/mol. The largest absolute Gasteiger partial charge is 0.435 e. The van der Waals surface area contributed by atoms with Crippen molar-refractivity contribution in [1.82, 2.24) is 19.7 Å². The molecular formula is C18H12F3N5OS. The van der Waals surface area contributed by atoms with Gasteiger partial charge in [0.15, 0.2) is 5.69 Å². The van der Waals surface area contributed by atoms with E-state index in [0.717, 1.165) is 27.4 Å². The molecule has 3 heterocycles. The summed E-state index contributed by atoms with van der Waals surface area (Å²) in [6, 6.07) is 7.60. The highest BCUT2D eigenvalue weighted by Gasteiger charge is 2.34. The van der Waals surface area contributed by atoms with Crippen LogP contribution in [0.4, 0.5) is 19.0 Å². The first-order valence-corrected chi connectivity index (χ1v) is 8.96. The summed E-state index contributed by atoms with van der Waals surface area (Å²) < 4.78 is 39.2. The third kappa shape index (κ3) is 3.46. The van der Waals surface area contributed by atoms with Gasteiger partial charge in [-0.1, -0.05) is 6.07 Å². The molecule has 6 nitrogen and oxygen atoms in total. The Bertz CT molecular complexity index is 1170. The van der Waals surface area contributed by atoms with Crippen molar-refractivity contribution in [3.05, 3.63) is 58.7 Å². The lowest BCUT2D eigenvalue weighted by atomic mass is 10.1. The molecule has 142 valence electrons. The number of carbonyl (C=O) groups is 1. The van der Waals surface area contributed by atoms with Crippen molar-refractivity contribution >= 4 is 34.0 Å². The minimum atomic E-state index is -4.58. The molecule has 0 radical (unpaired) electrons. The fraction of sp³-hybridized carbons (Fsp3) is 0.111. The first-order chi connectivity index (χ1) is 13.3. The maximum Gasteiger partial charge on any atom is 0.435 e. The van der Waals surface area contributed by atoms with Crippen molar-refractivity contribution in [3.8, 4) is 11.3 Å². The van der Waals surface area contributed by atoms with Crippen molar-refractivity contribution in [2.45, 2.75) is 6.18 Å². The molecular weight excluding hydrogens is 391 g/mol. The topological polar surface area (TPSA) is 72.7 Å². The number of halogens is 3. The van der Waals surface area contributed by atoms with Crippen LogP contribution in [0.15, 0.2) is 47.4 Å². The number of carbonyl (C=O) groups excluding carboxylic acids is 1. The molecule has 0 aliphatic carbocycles. The fourth-order valence-electron chi connectivity index (χ4n) is 2.67. The summed E-state index contributed by atoms with van der Waals surface area (Å²) in [5.41, 5.74) is 3.21. The van der Waals surface area contributed by atoms with Crippen LogP contribution in [0.3, 0.4) is 0 Å². The Hall–Kier alpha value is -3.27. The van der Waals surface area contributed by atoms with Gasteiger partial charge in [-0.2, -0.15) is 18.3 Å². The maximum atomic E-state index is 12.7. The number of thiazole rings is 1. The van der Waals surface area contributed by atoms with Gasteiger partial charge >= 0.3 is 6.18 Å². The Morgan fingerprint density at radius 3 is 2.68 bits per heavy atom. The first kappa shape index (κ1) is 18.1. The lowest BCUT2D eigenvalue weighted by molar-refractivity contribution is -0.141. The average molecular weight is 403 g/mol. The average Bonchev–Trinajstić information content (AvgIpc) is 3.31. The molecule has 0 unspecified atom stereocenters. The predicted molar refractivity (Wildman–Crippen MR) is 99.0 cm³/mol. The minimum Gasteiger partial charge on any atom is -0.307 e. The molecule has 0 fully saturated rings. The number of hydrogen-bond acceptors (Lipinski definition) is 5. The van der Waals surface area contributed by atoms with Gasteiger partial charge in [0.1, 0.15) is 5.82 Å². The summed E-state index contributed by atoms with van der Waals surface area (Å²) in [4.78, 5) is 21.1. The van der Waals surface area contributed by atoms with E-state index >= 15 is 0 Å². The molecule has 0 atom stereocenters. The number of aromatic nitrogens is 4. The van der Waals surface area contributed by atoms with Gasteiger partial charge in [0, 0.05) is 41.2 Å². The van der Waals surface area contributed by atoms with Crippen molar-refractivity contribution in [2.75, 3.05) is 5.32 Å². The molecule has 1 N–H and O–H groups in total. The molecule has 4 aromatic rings. The van der Waals surface area contributed by atoms with E-state index in [-0.39, 0.29) is 11.4 Å². The summed E-state index contributed by atoms with van der Waals surface area (Å²) in [5.74, 6) is -0.603. The third-order valence-electron chi connectivity index (χ3n) is 4.09. The highest BCUT2D eigenvalue weighted by Crippen LogP contribution is 2.30. The molecule has 0 aliphatic heterocycles. The van der Waals surface area contributed by atoms with Crippen LogP contribution in [0.2, 0.25) is 0 Å². The van der Waals surface area contributed by atoms with Crippen LogP contribution >= 0.6 is 11.3 Å². The normalized spacial score (nSPS) is 11.7. The summed E-state index contributed by atoms with van der Waals surface area (Å²) in [7, 11) is 1.33. The highest BCUT2D eigenvalue weighted by molar-refractivity contribution is 7.07. The van der Waals surface area contributed by atoms with Gasteiger partial charge in [-0.3, -0.25) is 14.5 Å².